The molecule has 3 rings (SSSR count). The summed E-state index contributed by atoms with van der Waals surface area (Å²) in [5, 5.41) is 0. The first-order chi connectivity index (χ1) is 12.6. The van der Waals surface area contributed by atoms with Crippen LogP contribution in [0.25, 0.3) is 11.1 Å². The minimum atomic E-state index is 0.0696. The number of aromatic nitrogens is 1. The molecule has 2 heterocycles. The first-order valence-corrected chi connectivity index (χ1v) is 9.00. The fraction of sp³-hybridized carbons (Fsp3) is 0.429. The van der Waals surface area contributed by atoms with Gasteiger partial charge in [0.05, 0.1) is 7.11 Å². The Labute approximate surface area is 155 Å². The summed E-state index contributed by atoms with van der Waals surface area (Å²) in [5.74, 6) is 1.30. The maximum Gasteiger partial charge on any atom is 0.248 e. The fourth-order valence-electron chi connectivity index (χ4n) is 3.51. The van der Waals surface area contributed by atoms with Gasteiger partial charge in [-0.25, -0.2) is 0 Å². The molecule has 1 fully saturated rings. The van der Waals surface area contributed by atoms with E-state index < -0.39 is 0 Å². The van der Waals surface area contributed by atoms with Crippen LogP contribution in [0, 0.1) is 6.92 Å². The Morgan fingerprint density at radius 2 is 1.92 bits per heavy atom. The zero-order chi connectivity index (χ0) is 18.5. The second-order valence-corrected chi connectivity index (χ2v) is 6.74. The molecule has 0 radical (unpaired) electrons. The number of carbonyl (C=O) groups excluding carboxylic acids is 1. The molecule has 0 atom stereocenters. The lowest BCUT2D eigenvalue weighted by molar-refractivity contribution is -0.136. The maximum atomic E-state index is 12.0. The van der Waals surface area contributed by atoms with Gasteiger partial charge in [-0.2, -0.15) is 0 Å². The number of benzene rings is 1. The van der Waals surface area contributed by atoms with E-state index in [1.165, 1.54) is 0 Å². The molecule has 1 aromatic heterocycles. The molecule has 2 aromatic rings. The van der Waals surface area contributed by atoms with Crippen LogP contribution in [0.15, 0.2) is 36.4 Å². The van der Waals surface area contributed by atoms with Crippen LogP contribution in [0.3, 0.4) is 0 Å². The lowest BCUT2D eigenvalue weighted by atomic mass is 9.91. The first-order valence-electron chi connectivity index (χ1n) is 9.00. The van der Waals surface area contributed by atoms with E-state index in [0.717, 1.165) is 54.2 Å². The summed E-state index contributed by atoms with van der Waals surface area (Å²) in [5.41, 5.74) is 4.41. The predicted molar refractivity (Wildman–Crippen MR) is 101 cm³/mol. The van der Waals surface area contributed by atoms with Crippen molar-refractivity contribution >= 4 is 5.91 Å². The zero-order valence-electron chi connectivity index (χ0n) is 15.7. The number of amides is 1. The number of likely N-dealkylation sites (tertiary alicyclic amines) is 1. The summed E-state index contributed by atoms with van der Waals surface area (Å²) in [6.45, 7) is 3.71. The third-order valence-corrected chi connectivity index (χ3v) is 4.91. The highest BCUT2D eigenvalue weighted by molar-refractivity contribution is 5.77. The molecule has 0 N–H and O–H groups in total. The van der Waals surface area contributed by atoms with Gasteiger partial charge in [0.15, 0.2) is 0 Å². The highest BCUT2D eigenvalue weighted by Gasteiger charge is 2.25. The standard InChI is InChI=1S/C21H26N2O3/c1-15-11-18(17-5-4-6-19(12-17)26-3)13-20(22-15)16-7-9-23(10-8-16)21(24)14-25-2/h4-6,11-13,16H,7-10,14H2,1-3H3. The van der Waals surface area contributed by atoms with Crippen molar-refractivity contribution in [3.05, 3.63) is 47.8 Å². The second kappa shape index (κ2) is 8.32. The number of carbonyl (C=O) groups is 1. The second-order valence-electron chi connectivity index (χ2n) is 6.74. The third-order valence-electron chi connectivity index (χ3n) is 4.91. The van der Waals surface area contributed by atoms with Crippen molar-refractivity contribution in [1.82, 2.24) is 9.88 Å². The van der Waals surface area contributed by atoms with Crippen LogP contribution in [0.1, 0.15) is 30.1 Å². The molecule has 0 spiro atoms. The lowest BCUT2D eigenvalue weighted by Gasteiger charge is -2.32. The average molecular weight is 354 g/mol. The van der Waals surface area contributed by atoms with E-state index in [-0.39, 0.29) is 12.5 Å². The monoisotopic (exact) mass is 354 g/mol. The minimum Gasteiger partial charge on any atom is -0.497 e. The van der Waals surface area contributed by atoms with Crippen molar-refractivity contribution in [3.63, 3.8) is 0 Å². The topological polar surface area (TPSA) is 51.7 Å². The first kappa shape index (κ1) is 18.4. The number of nitrogens with zero attached hydrogens (tertiary/aromatic N) is 2. The molecular weight excluding hydrogens is 328 g/mol. The zero-order valence-corrected chi connectivity index (χ0v) is 15.7. The molecule has 1 amide bonds. The molecule has 5 nitrogen and oxygen atoms in total. The summed E-state index contributed by atoms with van der Waals surface area (Å²) < 4.78 is 10.3. The van der Waals surface area contributed by atoms with Crippen LogP contribution in [-0.4, -0.2) is 49.7 Å². The summed E-state index contributed by atoms with van der Waals surface area (Å²) in [6.07, 6.45) is 1.87. The number of ether oxygens (including phenoxy) is 2. The summed E-state index contributed by atoms with van der Waals surface area (Å²) >= 11 is 0. The quantitative estimate of drug-likeness (QED) is 0.826. The van der Waals surface area contributed by atoms with E-state index in [0.29, 0.717) is 5.92 Å². The minimum absolute atomic E-state index is 0.0696. The summed E-state index contributed by atoms with van der Waals surface area (Å²) in [4.78, 5) is 18.6. The summed E-state index contributed by atoms with van der Waals surface area (Å²) in [6, 6.07) is 12.4. The Balaban J connectivity index is 1.77. The predicted octanol–water partition coefficient (Wildman–Crippen LogP) is 3.42. The van der Waals surface area contributed by atoms with Crippen LogP contribution in [0.5, 0.6) is 5.75 Å². The summed E-state index contributed by atoms with van der Waals surface area (Å²) in [7, 11) is 3.24. The van der Waals surface area contributed by atoms with Gasteiger partial charge in [0.25, 0.3) is 0 Å². The van der Waals surface area contributed by atoms with E-state index in [1.54, 1.807) is 14.2 Å². The molecule has 138 valence electrons. The number of pyridine rings is 1. The number of rotatable bonds is 5. The molecule has 0 bridgehead atoms. The average Bonchev–Trinajstić information content (AvgIpc) is 2.68. The van der Waals surface area contributed by atoms with E-state index in [4.69, 9.17) is 14.5 Å². The normalized spacial score (nSPS) is 15.1. The Morgan fingerprint density at radius 1 is 1.15 bits per heavy atom. The number of methoxy groups -OCH3 is 2. The molecule has 0 unspecified atom stereocenters. The Morgan fingerprint density at radius 3 is 2.62 bits per heavy atom. The van der Waals surface area contributed by atoms with E-state index in [1.807, 2.05) is 30.0 Å². The SMILES string of the molecule is COCC(=O)N1CCC(c2cc(-c3cccc(OC)c3)cc(C)n2)CC1. The smallest absolute Gasteiger partial charge is 0.248 e. The van der Waals surface area contributed by atoms with Gasteiger partial charge in [-0.05, 0) is 55.2 Å². The fourth-order valence-corrected chi connectivity index (χ4v) is 3.51. The molecule has 26 heavy (non-hydrogen) atoms. The third kappa shape index (κ3) is 4.22. The largest absolute Gasteiger partial charge is 0.497 e. The van der Waals surface area contributed by atoms with Crippen LogP contribution in [-0.2, 0) is 9.53 Å². The van der Waals surface area contributed by atoms with Gasteiger partial charge < -0.3 is 14.4 Å². The van der Waals surface area contributed by atoms with E-state index >= 15 is 0 Å². The van der Waals surface area contributed by atoms with Crippen molar-refractivity contribution in [1.29, 1.82) is 0 Å². The van der Waals surface area contributed by atoms with Crippen molar-refractivity contribution in [2.24, 2.45) is 0 Å². The van der Waals surface area contributed by atoms with E-state index in [2.05, 4.69) is 18.2 Å². The van der Waals surface area contributed by atoms with Gasteiger partial charge in [-0.1, -0.05) is 12.1 Å². The molecule has 5 heteroatoms. The van der Waals surface area contributed by atoms with Gasteiger partial charge >= 0.3 is 0 Å². The molecule has 0 aliphatic carbocycles. The molecular formula is C21H26N2O3. The number of aryl methyl sites for hydroxylation is 1. The molecule has 1 aliphatic rings. The van der Waals surface area contributed by atoms with Gasteiger partial charge in [-0.3, -0.25) is 9.78 Å². The number of piperidine rings is 1. The van der Waals surface area contributed by atoms with Crippen molar-refractivity contribution in [2.75, 3.05) is 33.9 Å². The molecule has 0 saturated carbocycles. The number of hydrogen-bond acceptors (Lipinski definition) is 4. The van der Waals surface area contributed by atoms with Crippen LogP contribution in [0.2, 0.25) is 0 Å². The van der Waals surface area contributed by atoms with Gasteiger partial charge in [0, 0.05) is 37.5 Å². The van der Waals surface area contributed by atoms with Crippen LogP contribution < -0.4 is 4.74 Å². The Kier molecular flexibility index (Phi) is 5.89. The molecule has 1 aliphatic heterocycles. The Bertz CT molecular complexity index is 768. The van der Waals surface area contributed by atoms with Crippen molar-refractivity contribution in [2.45, 2.75) is 25.7 Å². The number of hydrogen-bond donors (Lipinski definition) is 0. The Hall–Kier alpha value is -2.40. The lowest BCUT2D eigenvalue weighted by Crippen LogP contribution is -2.39. The molecule has 1 saturated heterocycles. The van der Waals surface area contributed by atoms with Crippen LogP contribution in [0.4, 0.5) is 0 Å². The molecule has 1 aromatic carbocycles. The van der Waals surface area contributed by atoms with Crippen molar-refractivity contribution < 1.29 is 14.3 Å². The highest BCUT2D eigenvalue weighted by atomic mass is 16.5. The maximum absolute atomic E-state index is 12.0. The van der Waals surface area contributed by atoms with Crippen molar-refractivity contribution in [3.8, 4) is 16.9 Å². The van der Waals surface area contributed by atoms with Gasteiger partial charge in [0.2, 0.25) is 5.91 Å². The van der Waals surface area contributed by atoms with Gasteiger partial charge in [-0.15, -0.1) is 0 Å². The van der Waals surface area contributed by atoms with Crippen LogP contribution >= 0.6 is 0 Å². The highest BCUT2D eigenvalue weighted by Crippen LogP contribution is 2.31. The van der Waals surface area contributed by atoms with Gasteiger partial charge in [0.1, 0.15) is 12.4 Å². The van der Waals surface area contributed by atoms with E-state index in [9.17, 15) is 4.79 Å².